The lowest BCUT2D eigenvalue weighted by Gasteiger charge is -2.09. The number of hydrogen-bond donors (Lipinski definition) is 1. The van der Waals surface area contributed by atoms with Crippen molar-refractivity contribution >= 4 is 11.6 Å². The molecule has 7 nitrogen and oxygen atoms in total. The summed E-state index contributed by atoms with van der Waals surface area (Å²) in [7, 11) is 0. The van der Waals surface area contributed by atoms with Gasteiger partial charge in [0.25, 0.3) is 5.91 Å². The van der Waals surface area contributed by atoms with Crippen molar-refractivity contribution in [3.05, 3.63) is 89.7 Å². The maximum absolute atomic E-state index is 13.4. The molecule has 0 saturated heterocycles. The van der Waals surface area contributed by atoms with E-state index in [4.69, 9.17) is 9.47 Å². The summed E-state index contributed by atoms with van der Waals surface area (Å²) in [4.78, 5) is 17.0. The molecule has 34 heavy (non-hydrogen) atoms. The number of halogens is 1. The lowest BCUT2D eigenvalue weighted by atomic mass is 10.1. The minimum absolute atomic E-state index is 0.189. The first-order valence-electron chi connectivity index (χ1n) is 11.0. The van der Waals surface area contributed by atoms with Gasteiger partial charge in [-0.2, -0.15) is 4.98 Å². The second kappa shape index (κ2) is 10.7. The normalized spacial score (nSPS) is 10.8. The molecule has 1 N–H and O–H groups in total. The summed E-state index contributed by atoms with van der Waals surface area (Å²) in [5.41, 5.74) is 3.71. The largest absolute Gasteiger partial charge is 0.460 e. The van der Waals surface area contributed by atoms with E-state index in [-0.39, 0.29) is 17.7 Å². The van der Waals surface area contributed by atoms with Gasteiger partial charge in [0.1, 0.15) is 12.4 Å². The first kappa shape index (κ1) is 23.1. The van der Waals surface area contributed by atoms with E-state index in [0.29, 0.717) is 48.1 Å². The van der Waals surface area contributed by atoms with Crippen molar-refractivity contribution in [2.24, 2.45) is 0 Å². The highest BCUT2D eigenvalue weighted by Gasteiger charge is 2.15. The number of aryl methyl sites for hydroxylation is 1. The van der Waals surface area contributed by atoms with Crippen molar-refractivity contribution < 1.29 is 18.7 Å². The Kier molecular flexibility index (Phi) is 7.29. The van der Waals surface area contributed by atoms with E-state index in [0.717, 1.165) is 5.56 Å². The Bertz CT molecular complexity index is 1240. The number of carbonyl (C=O) groups is 1. The quantitative estimate of drug-likeness (QED) is 0.354. The molecule has 4 rings (SSSR count). The number of anilines is 1. The van der Waals surface area contributed by atoms with Crippen LogP contribution in [0.4, 0.5) is 10.1 Å². The van der Waals surface area contributed by atoms with Gasteiger partial charge >= 0.3 is 6.01 Å². The van der Waals surface area contributed by atoms with Crippen LogP contribution in [-0.2, 0) is 4.74 Å². The van der Waals surface area contributed by atoms with Gasteiger partial charge in [0.15, 0.2) is 5.82 Å². The Morgan fingerprint density at radius 3 is 2.35 bits per heavy atom. The Balaban J connectivity index is 1.56. The number of benzene rings is 3. The highest BCUT2D eigenvalue weighted by Crippen LogP contribution is 2.25. The first-order valence-corrected chi connectivity index (χ1v) is 11.0. The van der Waals surface area contributed by atoms with E-state index < -0.39 is 0 Å². The molecule has 0 saturated carbocycles. The molecule has 1 aromatic heterocycles. The molecular weight excluding hydrogens is 435 g/mol. The van der Waals surface area contributed by atoms with E-state index in [1.807, 2.05) is 38.1 Å². The van der Waals surface area contributed by atoms with Crippen molar-refractivity contribution in [2.45, 2.75) is 13.8 Å². The van der Waals surface area contributed by atoms with Crippen LogP contribution in [-0.4, -0.2) is 40.5 Å². The standard InChI is InChI=1S/C26H25FN4O3/c1-3-33-16-17-34-26-29-24(19-8-10-21(27)11-9-19)31(30-26)23-14-12-22(13-15-23)28-25(32)20-6-4-18(2)5-7-20/h4-15H,3,16-17H2,1-2H3,(H,28,32). The lowest BCUT2D eigenvalue weighted by molar-refractivity contribution is 0.102. The third-order valence-corrected chi connectivity index (χ3v) is 5.04. The van der Waals surface area contributed by atoms with Crippen LogP contribution in [0, 0.1) is 12.7 Å². The van der Waals surface area contributed by atoms with E-state index >= 15 is 0 Å². The van der Waals surface area contributed by atoms with E-state index in [9.17, 15) is 9.18 Å². The second-order valence-corrected chi connectivity index (χ2v) is 7.55. The molecule has 3 aromatic carbocycles. The summed E-state index contributed by atoms with van der Waals surface area (Å²) >= 11 is 0. The van der Waals surface area contributed by atoms with E-state index in [1.54, 1.807) is 41.1 Å². The van der Waals surface area contributed by atoms with Crippen LogP contribution in [0.15, 0.2) is 72.8 Å². The van der Waals surface area contributed by atoms with Crippen LogP contribution in [0.25, 0.3) is 17.1 Å². The molecule has 174 valence electrons. The van der Waals surface area contributed by atoms with Gasteiger partial charge in [-0.1, -0.05) is 17.7 Å². The zero-order valence-corrected chi connectivity index (χ0v) is 19.0. The van der Waals surface area contributed by atoms with Crippen molar-refractivity contribution in [1.82, 2.24) is 14.8 Å². The number of ether oxygens (including phenoxy) is 2. The van der Waals surface area contributed by atoms with Crippen molar-refractivity contribution in [3.63, 3.8) is 0 Å². The fourth-order valence-electron chi connectivity index (χ4n) is 3.25. The predicted molar refractivity (Wildman–Crippen MR) is 128 cm³/mol. The fraction of sp³-hybridized carbons (Fsp3) is 0.192. The molecule has 0 aliphatic heterocycles. The maximum atomic E-state index is 13.4. The van der Waals surface area contributed by atoms with Crippen LogP contribution in [0.1, 0.15) is 22.8 Å². The van der Waals surface area contributed by atoms with Gasteiger partial charge in [-0.3, -0.25) is 4.79 Å². The van der Waals surface area contributed by atoms with Crippen LogP contribution < -0.4 is 10.1 Å². The number of aromatic nitrogens is 3. The number of nitrogens with zero attached hydrogens (tertiary/aromatic N) is 3. The lowest BCUT2D eigenvalue weighted by Crippen LogP contribution is -2.11. The van der Waals surface area contributed by atoms with Gasteiger partial charge in [-0.25, -0.2) is 9.07 Å². The van der Waals surface area contributed by atoms with E-state index in [1.165, 1.54) is 12.1 Å². The molecule has 0 unspecified atom stereocenters. The monoisotopic (exact) mass is 460 g/mol. The summed E-state index contributed by atoms with van der Waals surface area (Å²) in [5.74, 6) is -0.0231. The molecule has 8 heteroatoms. The summed E-state index contributed by atoms with van der Waals surface area (Å²) in [6.07, 6.45) is 0. The van der Waals surface area contributed by atoms with Gasteiger partial charge < -0.3 is 14.8 Å². The zero-order chi connectivity index (χ0) is 23.9. The molecule has 0 radical (unpaired) electrons. The molecule has 0 fully saturated rings. The Morgan fingerprint density at radius 1 is 0.971 bits per heavy atom. The summed E-state index contributed by atoms with van der Waals surface area (Å²) in [5, 5.41) is 7.36. The third-order valence-electron chi connectivity index (χ3n) is 5.04. The van der Waals surface area contributed by atoms with Gasteiger partial charge in [0, 0.05) is 23.4 Å². The van der Waals surface area contributed by atoms with Gasteiger partial charge in [0.2, 0.25) is 0 Å². The van der Waals surface area contributed by atoms with Crippen LogP contribution in [0.2, 0.25) is 0 Å². The van der Waals surface area contributed by atoms with Crippen molar-refractivity contribution in [2.75, 3.05) is 25.1 Å². The number of amides is 1. The molecule has 1 amide bonds. The molecule has 0 spiro atoms. The summed E-state index contributed by atoms with van der Waals surface area (Å²) in [6, 6.07) is 20.8. The van der Waals surface area contributed by atoms with Gasteiger partial charge in [-0.05, 0) is 74.5 Å². The Morgan fingerprint density at radius 2 is 1.68 bits per heavy atom. The number of carbonyl (C=O) groups excluding carboxylic acids is 1. The predicted octanol–water partition coefficient (Wildman–Crippen LogP) is 5.05. The zero-order valence-electron chi connectivity index (χ0n) is 19.0. The van der Waals surface area contributed by atoms with Gasteiger partial charge in [-0.15, -0.1) is 5.10 Å². The van der Waals surface area contributed by atoms with Crippen molar-refractivity contribution in [1.29, 1.82) is 0 Å². The maximum Gasteiger partial charge on any atom is 0.336 e. The number of nitrogens with one attached hydrogen (secondary N) is 1. The molecule has 1 heterocycles. The molecule has 0 aliphatic rings. The van der Waals surface area contributed by atoms with Crippen LogP contribution in [0.5, 0.6) is 6.01 Å². The fourth-order valence-corrected chi connectivity index (χ4v) is 3.25. The smallest absolute Gasteiger partial charge is 0.336 e. The molecule has 0 atom stereocenters. The van der Waals surface area contributed by atoms with E-state index in [2.05, 4.69) is 15.4 Å². The average molecular weight is 461 g/mol. The molecule has 0 bridgehead atoms. The molecular formula is C26H25FN4O3. The minimum atomic E-state index is -0.336. The van der Waals surface area contributed by atoms with Crippen LogP contribution in [0.3, 0.4) is 0 Å². The van der Waals surface area contributed by atoms with Gasteiger partial charge in [0.05, 0.1) is 12.3 Å². The highest BCUT2D eigenvalue weighted by atomic mass is 19.1. The SMILES string of the molecule is CCOCCOc1nc(-c2ccc(F)cc2)n(-c2ccc(NC(=O)c3ccc(C)cc3)cc2)n1. The number of hydrogen-bond acceptors (Lipinski definition) is 5. The Hall–Kier alpha value is -4.04. The highest BCUT2D eigenvalue weighted by molar-refractivity contribution is 6.04. The third kappa shape index (κ3) is 5.65. The average Bonchev–Trinajstić information content (AvgIpc) is 3.27. The second-order valence-electron chi connectivity index (χ2n) is 7.55. The molecule has 0 aliphatic carbocycles. The summed E-state index contributed by atoms with van der Waals surface area (Å²) < 4.78 is 26.0. The number of rotatable bonds is 9. The van der Waals surface area contributed by atoms with Crippen LogP contribution >= 0.6 is 0 Å². The minimum Gasteiger partial charge on any atom is -0.460 e. The Labute approximate surface area is 197 Å². The first-order chi connectivity index (χ1) is 16.5. The topological polar surface area (TPSA) is 78.3 Å². The molecule has 4 aromatic rings. The summed E-state index contributed by atoms with van der Waals surface area (Å²) in [6.45, 7) is 5.21. The van der Waals surface area contributed by atoms with Crippen molar-refractivity contribution in [3.8, 4) is 23.1 Å².